The van der Waals surface area contributed by atoms with E-state index in [0.717, 1.165) is 0 Å². The summed E-state index contributed by atoms with van der Waals surface area (Å²) in [6.07, 6.45) is -5.91. The summed E-state index contributed by atoms with van der Waals surface area (Å²) in [5, 5.41) is 0. The molecule has 0 fully saturated rings. The Labute approximate surface area is 110 Å². The first-order valence-corrected chi connectivity index (χ1v) is 5.42. The quantitative estimate of drug-likeness (QED) is 0.476. The van der Waals surface area contributed by atoms with Crippen molar-refractivity contribution in [2.24, 2.45) is 0 Å². The molecule has 0 aliphatic heterocycles. The van der Waals surface area contributed by atoms with Crippen LogP contribution >= 0.6 is 0 Å². The zero-order chi connectivity index (χ0) is 15.3. The van der Waals surface area contributed by atoms with E-state index < -0.39 is 48.4 Å². The molecule has 0 saturated carbocycles. The number of ether oxygens (including phenoxy) is 2. The number of rotatable bonds is 5. The average molecular weight is 299 g/mol. The molecule has 1 rings (SSSR count). The number of hydrogen-bond donors (Lipinski definition) is 0. The fourth-order valence-electron chi connectivity index (χ4n) is 1.37. The molecule has 1 aromatic heterocycles. The summed E-state index contributed by atoms with van der Waals surface area (Å²) in [7, 11) is 0. The highest BCUT2D eigenvalue weighted by atomic mass is 19.4. The monoisotopic (exact) mass is 299 g/mol. The molecule has 1 aromatic rings. The molecule has 112 valence electrons. The maximum Gasteiger partial charge on any atom is 0.573 e. The average Bonchev–Trinajstić information content (AvgIpc) is 2.31. The molecule has 0 aliphatic carbocycles. The molecular formula is C11H10F5NO3. The predicted molar refractivity (Wildman–Crippen MR) is 56.0 cm³/mol. The van der Waals surface area contributed by atoms with E-state index >= 15 is 0 Å². The molecule has 0 aliphatic rings. The van der Waals surface area contributed by atoms with Gasteiger partial charge in [0.1, 0.15) is 12.4 Å². The van der Waals surface area contributed by atoms with Crippen LogP contribution in [0.2, 0.25) is 0 Å². The first-order chi connectivity index (χ1) is 9.26. The van der Waals surface area contributed by atoms with Gasteiger partial charge in [0.15, 0.2) is 0 Å². The number of esters is 1. The van der Waals surface area contributed by atoms with Crippen LogP contribution in [0.1, 0.15) is 18.2 Å². The van der Waals surface area contributed by atoms with Crippen molar-refractivity contribution in [2.45, 2.75) is 26.4 Å². The van der Waals surface area contributed by atoms with E-state index in [1.54, 1.807) is 0 Å². The minimum absolute atomic E-state index is 0.0219. The van der Waals surface area contributed by atoms with Crippen molar-refractivity contribution in [3.63, 3.8) is 0 Å². The molecule has 0 radical (unpaired) electrons. The van der Waals surface area contributed by atoms with Crippen molar-refractivity contribution >= 4 is 5.97 Å². The fourth-order valence-corrected chi connectivity index (χ4v) is 1.37. The lowest BCUT2D eigenvalue weighted by Crippen LogP contribution is -2.20. The molecule has 0 bridgehead atoms. The molecule has 0 N–H and O–H groups in total. The van der Waals surface area contributed by atoms with E-state index in [1.165, 1.54) is 6.92 Å². The zero-order valence-electron chi connectivity index (χ0n) is 10.3. The van der Waals surface area contributed by atoms with Crippen LogP contribution in [0.25, 0.3) is 0 Å². The third kappa shape index (κ3) is 4.63. The van der Waals surface area contributed by atoms with E-state index in [2.05, 4.69) is 14.5 Å². The first kappa shape index (κ1) is 16.1. The molecule has 0 unspecified atom stereocenters. The Balaban J connectivity index is 3.15. The summed E-state index contributed by atoms with van der Waals surface area (Å²) >= 11 is 0. The second-order valence-electron chi connectivity index (χ2n) is 3.54. The number of carbonyl (C=O) groups excluding carboxylic acids is 1. The SMILES string of the molecule is CCOC(=O)Cc1c(OC(F)(F)F)cc(CF)nc1F. The number of nitrogens with zero attached hydrogens (tertiary/aromatic N) is 1. The van der Waals surface area contributed by atoms with Gasteiger partial charge in [-0.2, -0.15) is 4.39 Å². The third-order valence-corrected chi connectivity index (χ3v) is 2.07. The van der Waals surface area contributed by atoms with Gasteiger partial charge in [0.05, 0.1) is 24.3 Å². The molecule has 0 amide bonds. The van der Waals surface area contributed by atoms with Crippen molar-refractivity contribution in [3.05, 3.63) is 23.3 Å². The Hall–Kier alpha value is -1.93. The predicted octanol–water partition coefficient (Wildman–Crippen LogP) is 2.69. The number of carbonyl (C=O) groups is 1. The summed E-state index contributed by atoms with van der Waals surface area (Å²) in [6.45, 7) is 0.183. The van der Waals surface area contributed by atoms with Gasteiger partial charge < -0.3 is 9.47 Å². The van der Waals surface area contributed by atoms with Gasteiger partial charge in [0.25, 0.3) is 0 Å². The van der Waals surface area contributed by atoms with Crippen LogP contribution in [0.5, 0.6) is 5.75 Å². The Bertz CT molecular complexity index is 490. The molecule has 9 heteroatoms. The lowest BCUT2D eigenvalue weighted by atomic mass is 10.1. The van der Waals surface area contributed by atoms with Gasteiger partial charge >= 0.3 is 12.3 Å². The summed E-state index contributed by atoms with van der Waals surface area (Å²) < 4.78 is 70.6. The summed E-state index contributed by atoms with van der Waals surface area (Å²) in [5.74, 6) is -3.37. The van der Waals surface area contributed by atoms with Gasteiger partial charge in [-0.3, -0.25) is 4.79 Å². The standard InChI is InChI=1S/C11H10F5NO3/c1-2-19-9(18)4-7-8(20-11(14,15)16)3-6(5-12)17-10(7)13/h3H,2,4-5H2,1H3. The van der Waals surface area contributed by atoms with Crippen LogP contribution in [0.15, 0.2) is 6.07 Å². The Kier molecular flexibility index (Phi) is 5.23. The summed E-state index contributed by atoms with van der Waals surface area (Å²) in [6, 6.07) is 0.588. The maximum absolute atomic E-state index is 13.5. The molecule has 0 aromatic carbocycles. The lowest BCUT2D eigenvalue weighted by Gasteiger charge is -2.14. The van der Waals surface area contributed by atoms with E-state index in [-0.39, 0.29) is 6.61 Å². The van der Waals surface area contributed by atoms with E-state index in [1.807, 2.05) is 0 Å². The van der Waals surface area contributed by atoms with Crippen molar-refractivity contribution < 1.29 is 36.2 Å². The van der Waals surface area contributed by atoms with Crippen LogP contribution in [0.4, 0.5) is 22.0 Å². The number of halogens is 5. The Morgan fingerprint density at radius 3 is 2.55 bits per heavy atom. The van der Waals surface area contributed by atoms with Gasteiger partial charge in [-0.15, -0.1) is 13.2 Å². The van der Waals surface area contributed by atoms with Crippen LogP contribution in [0, 0.1) is 5.95 Å². The summed E-state index contributed by atoms with van der Waals surface area (Å²) in [5.41, 5.74) is -1.31. The molecule has 0 spiro atoms. The zero-order valence-corrected chi connectivity index (χ0v) is 10.3. The largest absolute Gasteiger partial charge is 0.573 e. The van der Waals surface area contributed by atoms with Gasteiger partial charge in [0, 0.05) is 6.07 Å². The molecule has 0 atom stereocenters. The van der Waals surface area contributed by atoms with Crippen molar-refractivity contribution in [1.29, 1.82) is 0 Å². The topological polar surface area (TPSA) is 48.4 Å². The highest BCUT2D eigenvalue weighted by molar-refractivity contribution is 5.73. The van der Waals surface area contributed by atoms with Crippen LogP contribution in [0.3, 0.4) is 0 Å². The van der Waals surface area contributed by atoms with Gasteiger partial charge in [-0.1, -0.05) is 0 Å². The Morgan fingerprint density at radius 1 is 1.40 bits per heavy atom. The van der Waals surface area contributed by atoms with Gasteiger partial charge in [-0.05, 0) is 6.92 Å². The molecular weight excluding hydrogens is 289 g/mol. The van der Waals surface area contributed by atoms with Gasteiger partial charge in [0.2, 0.25) is 5.95 Å². The van der Waals surface area contributed by atoms with E-state index in [4.69, 9.17) is 0 Å². The van der Waals surface area contributed by atoms with Crippen molar-refractivity contribution in [1.82, 2.24) is 4.98 Å². The minimum atomic E-state index is -5.11. The first-order valence-electron chi connectivity index (χ1n) is 5.42. The fraction of sp³-hybridized carbons (Fsp3) is 0.455. The molecule has 0 saturated heterocycles. The molecule has 1 heterocycles. The summed E-state index contributed by atoms with van der Waals surface area (Å²) in [4.78, 5) is 14.3. The normalized spacial score (nSPS) is 11.3. The minimum Gasteiger partial charge on any atom is -0.466 e. The van der Waals surface area contributed by atoms with Crippen LogP contribution in [-0.2, 0) is 22.6 Å². The number of aromatic nitrogens is 1. The highest BCUT2D eigenvalue weighted by Crippen LogP contribution is 2.29. The maximum atomic E-state index is 13.5. The Morgan fingerprint density at radius 2 is 2.05 bits per heavy atom. The molecule has 4 nitrogen and oxygen atoms in total. The van der Waals surface area contributed by atoms with Crippen molar-refractivity contribution in [2.75, 3.05) is 6.61 Å². The van der Waals surface area contributed by atoms with Crippen molar-refractivity contribution in [3.8, 4) is 5.75 Å². The van der Waals surface area contributed by atoms with Crippen LogP contribution < -0.4 is 4.74 Å². The van der Waals surface area contributed by atoms with Gasteiger partial charge in [-0.25, -0.2) is 9.37 Å². The van der Waals surface area contributed by atoms with E-state index in [0.29, 0.717) is 6.07 Å². The van der Waals surface area contributed by atoms with Crippen LogP contribution in [-0.4, -0.2) is 23.9 Å². The number of alkyl halides is 4. The number of pyridine rings is 1. The second-order valence-corrected chi connectivity index (χ2v) is 3.54. The lowest BCUT2D eigenvalue weighted by molar-refractivity contribution is -0.275. The third-order valence-electron chi connectivity index (χ3n) is 2.07. The smallest absolute Gasteiger partial charge is 0.466 e. The number of hydrogen-bond acceptors (Lipinski definition) is 4. The second kappa shape index (κ2) is 6.49. The van der Waals surface area contributed by atoms with E-state index in [9.17, 15) is 26.7 Å². The highest BCUT2D eigenvalue weighted by Gasteiger charge is 2.33. The molecule has 20 heavy (non-hydrogen) atoms.